The third kappa shape index (κ3) is 3.61. The molecule has 3 heterocycles. The van der Waals surface area contributed by atoms with Gasteiger partial charge in [0.1, 0.15) is 18.1 Å². The maximum atomic E-state index is 15.5. The second-order valence-electron chi connectivity index (χ2n) is 6.57. The molecule has 2 aliphatic rings. The predicted molar refractivity (Wildman–Crippen MR) is 105 cm³/mol. The van der Waals surface area contributed by atoms with Gasteiger partial charge < -0.3 is 20.5 Å². The zero-order chi connectivity index (χ0) is 19.9. The van der Waals surface area contributed by atoms with Gasteiger partial charge in [0.25, 0.3) is 11.9 Å². The Hall–Kier alpha value is -2.49. The highest BCUT2D eigenvalue weighted by molar-refractivity contribution is 6.30. The molecular formula is C18H16Cl2F2N4O3. The van der Waals surface area contributed by atoms with E-state index in [1.54, 1.807) is 0 Å². The van der Waals surface area contributed by atoms with Crippen molar-refractivity contribution in [3.8, 4) is 0 Å². The van der Waals surface area contributed by atoms with Gasteiger partial charge in [-0.25, -0.2) is 18.8 Å². The molecule has 2 aromatic rings. The van der Waals surface area contributed by atoms with Crippen molar-refractivity contribution < 1.29 is 23.0 Å². The van der Waals surface area contributed by atoms with Crippen LogP contribution in [0.15, 0.2) is 41.5 Å². The van der Waals surface area contributed by atoms with Crippen LogP contribution in [0.1, 0.15) is 16.1 Å². The quantitative estimate of drug-likeness (QED) is 0.757. The number of hydrogen-bond donors (Lipinski definition) is 2. The van der Waals surface area contributed by atoms with Gasteiger partial charge in [0.15, 0.2) is 11.2 Å². The van der Waals surface area contributed by atoms with Crippen LogP contribution in [-0.4, -0.2) is 42.4 Å². The maximum Gasteiger partial charge on any atom is 0.283 e. The fourth-order valence-corrected chi connectivity index (χ4v) is 3.43. The van der Waals surface area contributed by atoms with E-state index in [2.05, 4.69) is 15.3 Å². The van der Waals surface area contributed by atoms with Crippen LogP contribution in [0.25, 0.3) is 0 Å². The maximum absolute atomic E-state index is 15.5. The van der Waals surface area contributed by atoms with E-state index in [4.69, 9.17) is 26.8 Å². The molecule has 1 aromatic carbocycles. The van der Waals surface area contributed by atoms with Crippen LogP contribution in [0.3, 0.4) is 0 Å². The fraction of sp³-hybridized carbons (Fsp3) is 0.278. The van der Waals surface area contributed by atoms with E-state index in [1.807, 2.05) is 0 Å². The number of carbonyl (C=O) groups excluding carboxylic acids is 1. The number of aliphatic imine (C=N–C) groups is 1. The summed E-state index contributed by atoms with van der Waals surface area (Å²) in [6.45, 7) is -0.928. The first-order valence-corrected chi connectivity index (χ1v) is 8.68. The lowest BCUT2D eigenvalue weighted by molar-refractivity contribution is 0.00905. The number of pyridine rings is 1. The van der Waals surface area contributed by atoms with Crippen molar-refractivity contribution in [2.24, 2.45) is 10.7 Å². The number of anilines is 1. The lowest BCUT2D eigenvalue weighted by Crippen LogP contribution is -2.55. The number of nitrogens with zero attached hydrogens (tertiary/aromatic N) is 2. The molecule has 154 valence electrons. The summed E-state index contributed by atoms with van der Waals surface area (Å²) in [4.78, 5) is 20.3. The Kier molecular flexibility index (Phi) is 5.66. The molecule has 3 N–H and O–H groups in total. The molecule has 0 bridgehead atoms. The predicted octanol–water partition coefficient (Wildman–Crippen LogP) is 2.83. The smallest absolute Gasteiger partial charge is 0.283 e. The summed E-state index contributed by atoms with van der Waals surface area (Å²) in [7, 11) is 0. The molecule has 1 saturated heterocycles. The summed E-state index contributed by atoms with van der Waals surface area (Å²) in [6.07, 6.45) is 1.33. The average Bonchev–Trinajstić information content (AvgIpc) is 3.01. The minimum absolute atomic E-state index is 0. The summed E-state index contributed by atoms with van der Waals surface area (Å²) < 4.78 is 40.4. The van der Waals surface area contributed by atoms with E-state index in [0.717, 1.165) is 6.07 Å². The van der Waals surface area contributed by atoms with E-state index in [-0.39, 0.29) is 48.6 Å². The fourth-order valence-electron chi connectivity index (χ4n) is 3.32. The molecule has 2 aliphatic heterocycles. The largest absolute Gasteiger partial charge is 0.462 e. The normalized spacial score (nSPS) is 25.3. The Bertz CT molecular complexity index is 976. The van der Waals surface area contributed by atoms with Gasteiger partial charge in [0.05, 0.1) is 18.2 Å². The van der Waals surface area contributed by atoms with Gasteiger partial charge in [-0.1, -0.05) is 11.6 Å². The van der Waals surface area contributed by atoms with Crippen molar-refractivity contribution in [3.63, 3.8) is 0 Å². The summed E-state index contributed by atoms with van der Waals surface area (Å²) in [5.74, 6) is -1.23. The van der Waals surface area contributed by atoms with Gasteiger partial charge in [-0.15, -0.1) is 12.4 Å². The Balaban J connectivity index is 0.00000240. The Morgan fingerprint density at radius 2 is 2.03 bits per heavy atom. The minimum Gasteiger partial charge on any atom is -0.462 e. The van der Waals surface area contributed by atoms with Gasteiger partial charge >= 0.3 is 0 Å². The average molecular weight is 445 g/mol. The first-order valence-electron chi connectivity index (χ1n) is 8.31. The number of amides is 1. The second-order valence-corrected chi connectivity index (χ2v) is 7.00. The number of nitrogens with one attached hydrogen (secondary N) is 1. The van der Waals surface area contributed by atoms with Crippen LogP contribution in [-0.2, 0) is 15.0 Å². The number of aromatic nitrogens is 1. The van der Waals surface area contributed by atoms with Crippen LogP contribution in [0.4, 0.5) is 14.5 Å². The lowest BCUT2D eigenvalue weighted by Gasteiger charge is -2.38. The first kappa shape index (κ1) is 21.2. The van der Waals surface area contributed by atoms with E-state index in [1.165, 1.54) is 30.5 Å². The molecule has 2 atom stereocenters. The third-order valence-corrected chi connectivity index (χ3v) is 4.99. The zero-order valence-electron chi connectivity index (χ0n) is 14.8. The molecule has 0 unspecified atom stereocenters. The van der Waals surface area contributed by atoms with Crippen LogP contribution in [0, 0.1) is 5.82 Å². The highest BCUT2D eigenvalue weighted by Gasteiger charge is 2.62. The van der Waals surface area contributed by atoms with Crippen molar-refractivity contribution in [2.45, 2.75) is 11.2 Å². The van der Waals surface area contributed by atoms with Crippen LogP contribution in [0.5, 0.6) is 0 Å². The highest BCUT2D eigenvalue weighted by Crippen LogP contribution is 2.48. The molecule has 0 aliphatic carbocycles. The van der Waals surface area contributed by atoms with Crippen molar-refractivity contribution in [3.05, 3.63) is 58.6 Å². The number of hydrogen-bond acceptors (Lipinski definition) is 6. The summed E-state index contributed by atoms with van der Waals surface area (Å²) >= 11 is 5.76. The Morgan fingerprint density at radius 1 is 1.24 bits per heavy atom. The molecule has 4 rings (SSSR count). The molecular weight excluding hydrogens is 429 g/mol. The molecule has 7 nitrogen and oxygen atoms in total. The standard InChI is InChI=1S/C18H15ClF2N4O3.ClH/c19-10-1-4-14(23-6-10)15(26)24-11-2-3-13(20)12(5-11)18-9-27-7-17(18,21)8-28-16(22)25-18;/h1-6H,7-9H2,(H2,22,25)(H,24,26);1H/t17-,18-;/m1./s1. The third-order valence-electron chi connectivity index (χ3n) is 4.76. The Morgan fingerprint density at radius 3 is 2.76 bits per heavy atom. The van der Waals surface area contributed by atoms with Gasteiger partial charge in [-0.3, -0.25) is 4.79 Å². The minimum atomic E-state index is -2.09. The Labute approximate surface area is 175 Å². The summed E-state index contributed by atoms with van der Waals surface area (Å²) in [5, 5.41) is 2.98. The molecule has 11 heteroatoms. The molecule has 0 spiro atoms. The second kappa shape index (κ2) is 7.74. The number of ether oxygens (including phenoxy) is 2. The van der Waals surface area contributed by atoms with Crippen molar-refractivity contribution in [1.82, 2.24) is 4.98 Å². The number of amidine groups is 1. The molecule has 29 heavy (non-hydrogen) atoms. The molecule has 1 amide bonds. The summed E-state index contributed by atoms with van der Waals surface area (Å²) in [5.41, 5.74) is 2.11. The van der Waals surface area contributed by atoms with E-state index < -0.39 is 29.5 Å². The molecule has 1 fully saturated rings. The number of carbonyl (C=O) groups is 1. The van der Waals surface area contributed by atoms with Gasteiger partial charge in [-0.2, -0.15) is 0 Å². The SMILES string of the molecule is Cl.NC1=N[C@@]2(c3cc(NC(=O)c4ccc(Cl)cn4)ccc3F)COC[C@@]2(F)CO1. The number of halogens is 4. The van der Waals surface area contributed by atoms with Gasteiger partial charge in [0.2, 0.25) is 0 Å². The van der Waals surface area contributed by atoms with Gasteiger partial charge in [0, 0.05) is 17.4 Å². The van der Waals surface area contributed by atoms with Crippen molar-refractivity contribution in [1.29, 1.82) is 0 Å². The van der Waals surface area contributed by atoms with Crippen LogP contribution >= 0.6 is 24.0 Å². The molecule has 1 aromatic heterocycles. The topological polar surface area (TPSA) is 98.8 Å². The van der Waals surface area contributed by atoms with Crippen molar-refractivity contribution in [2.75, 3.05) is 25.1 Å². The number of nitrogens with two attached hydrogens (primary N) is 1. The first-order chi connectivity index (χ1) is 13.3. The van der Waals surface area contributed by atoms with Crippen LogP contribution in [0.2, 0.25) is 5.02 Å². The monoisotopic (exact) mass is 444 g/mol. The van der Waals surface area contributed by atoms with Gasteiger partial charge in [-0.05, 0) is 30.3 Å². The number of rotatable bonds is 3. The zero-order valence-corrected chi connectivity index (χ0v) is 16.4. The highest BCUT2D eigenvalue weighted by atomic mass is 35.5. The summed E-state index contributed by atoms with van der Waals surface area (Å²) in [6, 6.07) is 6.50. The van der Waals surface area contributed by atoms with Crippen molar-refractivity contribution >= 4 is 41.6 Å². The number of benzene rings is 1. The lowest BCUT2D eigenvalue weighted by atomic mass is 9.78. The molecule has 0 radical (unpaired) electrons. The molecule has 0 saturated carbocycles. The number of alkyl halides is 1. The van der Waals surface area contributed by atoms with E-state index >= 15 is 4.39 Å². The van der Waals surface area contributed by atoms with E-state index in [0.29, 0.717) is 5.02 Å². The van der Waals surface area contributed by atoms with Crippen LogP contribution < -0.4 is 11.1 Å². The number of fused-ring (bicyclic) bond motifs is 1. The van der Waals surface area contributed by atoms with E-state index in [9.17, 15) is 9.18 Å².